The third-order valence-electron chi connectivity index (χ3n) is 5.75. The average molecular weight is 430 g/mol. The number of rotatable bonds is 4. The molecule has 1 saturated carbocycles. The molecule has 2 aromatic heterocycles. The Balaban J connectivity index is 1.48. The molecule has 2 atom stereocenters. The van der Waals surface area contributed by atoms with Gasteiger partial charge < -0.3 is 14.5 Å². The summed E-state index contributed by atoms with van der Waals surface area (Å²) in [4.78, 5) is 12.0. The van der Waals surface area contributed by atoms with Gasteiger partial charge in [0.05, 0.1) is 11.2 Å². The molecule has 0 saturated heterocycles. The SMILES string of the molecule is CC1(CNC(=O)OC(C)(C)C)CCC(c2cnn3c(-c4ccccc4Cl)coc23)C1. The topological polar surface area (TPSA) is 68.8 Å². The first-order valence-electron chi connectivity index (χ1n) is 10.3. The lowest BCUT2D eigenvalue weighted by Crippen LogP contribution is -2.38. The summed E-state index contributed by atoms with van der Waals surface area (Å²) in [5.74, 6) is 0.332. The molecule has 160 valence electrons. The Labute approximate surface area is 181 Å². The van der Waals surface area contributed by atoms with Crippen molar-refractivity contribution in [2.24, 2.45) is 5.41 Å². The maximum Gasteiger partial charge on any atom is 0.407 e. The van der Waals surface area contributed by atoms with Crippen LogP contribution in [0.15, 0.2) is 41.1 Å². The van der Waals surface area contributed by atoms with Crippen molar-refractivity contribution in [3.8, 4) is 11.3 Å². The first-order valence-corrected chi connectivity index (χ1v) is 10.7. The fourth-order valence-electron chi connectivity index (χ4n) is 4.27. The van der Waals surface area contributed by atoms with Crippen molar-refractivity contribution in [2.75, 3.05) is 6.54 Å². The van der Waals surface area contributed by atoms with Crippen molar-refractivity contribution >= 4 is 23.4 Å². The minimum atomic E-state index is -0.494. The van der Waals surface area contributed by atoms with Crippen LogP contribution in [0.1, 0.15) is 58.4 Å². The molecule has 0 bridgehead atoms. The smallest absolute Gasteiger partial charge is 0.407 e. The van der Waals surface area contributed by atoms with Gasteiger partial charge in [-0.2, -0.15) is 9.61 Å². The maximum absolute atomic E-state index is 12.0. The fourth-order valence-corrected chi connectivity index (χ4v) is 4.51. The lowest BCUT2D eigenvalue weighted by atomic mass is 9.86. The van der Waals surface area contributed by atoms with Crippen LogP contribution in [-0.2, 0) is 4.74 Å². The van der Waals surface area contributed by atoms with Gasteiger partial charge in [0.15, 0.2) is 0 Å². The van der Waals surface area contributed by atoms with Crippen LogP contribution in [0, 0.1) is 5.41 Å². The molecule has 4 rings (SSSR count). The zero-order valence-corrected chi connectivity index (χ0v) is 18.6. The molecule has 30 heavy (non-hydrogen) atoms. The van der Waals surface area contributed by atoms with Crippen LogP contribution in [0.25, 0.3) is 17.0 Å². The highest BCUT2D eigenvalue weighted by Gasteiger charge is 2.38. The van der Waals surface area contributed by atoms with Crippen molar-refractivity contribution in [1.29, 1.82) is 0 Å². The van der Waals surface area contributed by atoms with Crippen LogP contribution in [0.5, 0.6) is 0 Å². The first kappa shape index (κ1) is 20.8. The molecule has 7 heteroatoms. The van der Waals surface area contributed by atoms with E-state index in [9.17, 15) is 4.79 Å². The Kier molecular flexibility index (Phi) is 5.30. The second kappa shape index (κ2) is 7.65. The number of carbonyl (C=O) groups is 1. The largest absolute Gasteiger partial charge is 0.444 e. The summed E-state index contributed by atoms with van der Waals surface area (Å²) in [6, 6.07) is 7.68. The van der Waals surface area contributed by atoms with Gasteiger partial charge >= 0.3 is 6.09 Å². The number of carbonyl (C=O) groups excluding carboxylic acids is 1. The van der Waals surface area contributed by atoms with E-state index in [1.165, 1.54) is 0 Å². The van der Waals surface area contributed by atoms with Crippen molar-refractivity contribution in [1.82, 2.24) is 14.9 Å². The zero-order chi connectivity index (χ0) is 21.5. The van der Waals surface area contributed by atoms with Crippen molar-refractivity contribution in [3.05, 3.63) is 47.3 Å². The summed E-state index contributed by atoms with van der Waals surface area (Å²) < 4.78 is 13.1. The van der Waals surface area contributed by atoms with E-state index in [4.69, 9.17) is 20.8 Å². The minimum Gasteiger partial charge on any atom is -0.444 e. The van der Waals surface area contributed by atoms with Gasteiger partial charge in [-0.15, -0.1) is 0 Å². The van der Waals surface area contributed by atoms with E-state index in [0.717, 1.165) is 41.8 Å². The van der Waals surface area contributed by atoms with Crippen molar-refractivity contribution in [2.45, 2.75) is 58.5 Å². The van der Waals surface area contributed by atoms with Gasteiger partial charge in [-0.1, -0.05) is 36.7 Å². The molecular weight excluding hydrogens is 402 g/mol. The number of benzene rings is 1. The van der Waals surface area contributed by atoms with Crippen LogP contribution < -0.4 is 5.32 Å². The van der Waals surface area contributed by atoms with Crippen molar-refractivity contribution in [3.63, 3.8) is 0 Å². The number of aromatic nitrogens is 2. The van der Waals surface area contributed by atoms with E-state index in [-0.39, 0.29) is 11.5 Å². The third kappa shape index (κ3) is 4.19. The number of oxazole rings is 1. The molecule has 1 aliphatic rings. The number of halogens is 1. The molecule has 1 aliphatic carbocycles. The van der Waals surface area contributed by atoms with E-state index in [1.54, 1.807) is 6.26 Å². The summed E-state index contributed by atoms with van der Waals surface area (Å²) in [7, 11) is 0. The Hall–Kier alpha value is -2.47. The highest BCUT2D eigenvalue weighted by Crippen LogP contribution is 2.47. The van der Waals surface area contributed by atoms with E-state index >= 15 is 0 Å². The van der Waals surface area contributed by atoms with Crippen molar-refractivity contribution < 1.29 is 13.9 Å². The van der Waals surface area contributed by atoms with Crippen LogP contribution in [-0.4, -0.2) is 27.9 Å². The van der Waals surface area contributed by atoms with Gasteiger partial charge in [0.2, 0.25) is 5.71 Å². The molecule has 1 aromatic carbocycles. The van der Waals surface area contributed by atoms with E-state index < -0.39 is 5.60 Å². The predicted octanol–water partition coefficient (Wildman–Crippen LogP) is 6.05. The van der Waals surface area contributed by atoms with Crippen LogP contribution in [0.4, 0.5) is 4.79 Å². The molecule has 0 radical (unpaired) electrons. The van der Waals surface area contributed by atoms with Gasteiger partial charge in [-0.3, -0.25) is 0 Å². The number of hydrogen-bond acceptors (Lipinski definition) is 4. The Morgan fingerprint density at radius 2 is 2.17 bits per heavy atom. The molecule has 1 N–H and O–H groups in total. The quantitative estimate of drug-likeness (QED) is 0.548. The number of hydrogen-bond donors (Lipinski definition) is 1. The van der Waals surface area contributed by atoms with E-state index in [1.807, 2.05) is 55.7 Å². The number of nitrogens with one attached hydrogen (secondary N) is 1. The monoisotopic (exact) mass is 429 g/mol. The molecule has 2 heterocycles. The lowest BCUT2D eigenvalue weighted by Gasteiger charge is -2.26. The van der Waals surface area contributed by atoms with E-state index in [2.05, 4.69) is 17.3 Å². The number of nitrogens with zero attached hydrogens (tertiary/aromatic N) is 2. The average Bonchev–Trinajstić information content (AvgIpc) is 3.35. The van der Waals surface area contributed by atoms with Gasteiger partial charge in [-0.25, -0.2) is 4.79 Å². The summed E-state index contributed by atoms with van der Waals surface area (Å²) >= 11 is 6.36. The predicted molar refractivity (Wildman–Crippen MR) is 117 cm³/mol. The number of fused-ring (bicyclic) bond motifs is 1. The Morgan fingerprint density at radius 3 is 2.90 bits per heavy atom. The molecular formula is C23H28ClN3O3. The van der Waals surface area contributed by atoms with E-state index in [0.29, 0.717) is 17.5 Å². The third-order valence-corrected chi connectivity index (χ3v) is 6.08. The van der Waals surface area contributed by atoms with Crippen LogP contribution in [0.3, 0.4) is 0 Å². The van der Waals surface area contributed by atoms with Gasteiger partial charge in [-0.05, 0) is 57.4 Å². The molecule has 0 aliphatic heterocycles. The summed E-state index contributed by atoms with van der Waals surface area (Å²) in [5.41, 5.74) is 3.12. The van der Waals surface area contributed by atoms with Gasteiger partial charge in [0.1, 0.15) is 17.6 Å². The standard InChI is InChI=1S/C23H28ClN3O3/c1-22(2,3)30-21(28)25-14-23(4)10-9-15(11-23)17-12-26-27-19(13-29-20(17)27)16-7-5-6-8-18(16)24/h5-8,12-13,15H,9-11,14H2,1-4H3,(H,25,28). The summed E-state index contributed by atoms with van der Waals surface area (Å²) in [6.45, 7) is 8.40. The second-order valence-corrected chi connectivity index (χ2v) is 9.93. The minimum absolute atomic E-state index is 0.00793. The molecule has 1 amide bonds. The fraction of sp³-hybridized carbons (Fsp3) is 0.478. The highest BCUT2D eigenvalue weighted by atomic mass is 35.5. The lowest BCUT2D eigenvalue weighted by molar-refractivity contribution is 0.0503. The van der Waals surface area contributed by atoms with Gasteiger partial charge in [0, 0.05) is 17.7 Å². The maximum atomic E-state index is 12.0. The number of alkyl carbamates (subject to hydrolysis) is 1. The molecule has 2 unspecified atom stereocenters. The summed E-state index contributed by atoms with van der Waals surface area (Å²) in [5, 5.41) is 8.18. The second-order valence-electron chi connectivity index (χ2n) is 9.52. The number of amides is 1. The van der Waals surface area contributed by atoms with Crippen LogP contribution >= 0.6 is 11.6 Å². The Morgan fingerprint density at radius 1 is 1.40 bits per heavy atom. The Bertz CT molecular complexity index is 1070. The normalized spacial score (nSPS) is 21.8. The van der Waals surface area contributed by atoms with Crippen LogP contribution in [0.2, 0.25) is 5.02 Å². The highest BCUT2D eigenvalue weighted by molar-refractivity contribution is 6.33. The zero-order valence-electron chi connectivity index (χ0n) is 17.9. The molecule has 0 spiro atoms. The van der Waals surface area contributed by atoms with Gasteiger partial charge in [0.25, 0.3) is 0 Å². The molecule has 1 fully saturated rings. The first-order chi connectivity index (χ1) is 14.2. The molecule has 6 nitrogen and oxygen atoms in total. The number of ether oxygens (including phenoxy) is 1. The summed E-state index contributed by atoms with van der Waals surface area (Å²) in [6.07, 6.45) is 6.24. The molecule has 3 aromatic rings.